The first-order chi connectivity index (χ1) is 5.95. The monoisotopic (exact) mass is 180 g/mol. The number of rotatable bonds is 0. The molecule has 2 aliphatic rings. The van der Waals surface area contributed by atoms with Gasteiger partial charge >= 0.3 is 0 Å². The summed E-state index contributed by atoms with van der Waals surface area (Å²) in [6, 6.07) is 0. The van der Waals surface area contributed by atoms with Crippen molar-refractivity contribution in [3.05, 3.63) is 11.8 Å². The van der Waals surface area contributed by atoms with Crippen molar-refractivity contribution in [2.75, 3.05) is 0 Å². The van der Waals surface area contributed by atoms with Crippen molar-refractivity contribution < 1.29 is 9.90 Å². The van der Waals surface area contributed by atoms with E-state index in [4.69, 9.17) is 5.11 Å². The highest BCUT2D eigenvalue weighted by atomic mass is 16.2. The summed E-state index contributed by atoms with van der Waals surface area (Å²) >= 11 is 0. The van der Waals surface area contributed by atoms with Gasteiger partial charge < -0.3 is 5.11 Å². The van der Waals surface area contributed by atoms with Crippen LogP contribution in [0.15, 0.2) is 11.8 Å². The van der Waals surface area contributed by atoms with Crippen LogP contribution in [0.4, 0.5) is 0 Å². The molecule has 2 atom stereocenters. The van der Waals surface area contributed by atoms with Gasteiger partial charge in [0.15, 0.2) is 5.78 Å². The Morgan fingerprint density at radius 1 is 1.46 bits per heavy atom. The molecule has 1 N–H and O–H groups in total. The molecule has 0 amide bonds. The number of carbonyl (C=O) groups excluding carboxylic acids is 1. The Morgan fingerprint density at radius 3 is 2.38 bits per heavy atom. The zero-order valence-corrected chi connectivity index (χ0v) is 8.42. The predicted molar refractivity (Wildman–Crippen MR) is 50.3 cm³/mol. The molecule has 2 aliphatic carbocycles. The number of hydrogen-bond donors (Lipinski definition) is 1. The fourth-order valence-corrected chi connectivity index (χ4v) is 3.08. The Hall–Kier alpha value is -0.790. The average Bonchev–Trinajstić information content (AvgIpc) is 2.36. The Labute approximate surface area is 78.6 Å². The van der Waals surface area contributed by atoms with Crippen molar-refractivity contribution >= 4 is 5.78 Å². The molecule has 0 aromatic rings. The minimum absolute atomic E-state index is 0.0264. The van der Waals surface area contributed by atoms with Crippen LogP contribution < -0.4 is 0 Å². The van der Waals surface area contributed by atoms with Crippen LogP contribution in [0, 0.1) is 16.7 Å². The molecule has 2 saturated carbocycles. The number of hydrogen-bond acceptors (Lipinski definition) is 2. The van der Waals surface area contributed by atoms with Crippen LogP contribution in [-0.2, 0) is 4.79 Å². The summed E-state index contributed by atoms with van der Waals surface area (Å²) in [6.07, 6.45) is 3.04. The van der Waals surface area contributed by atoms with E-state index in [1.54, 1.807) is 0 Å². The van der Waals surface area contributed by atoms with Gasteiger partial charge in [-0.15, -0.1) is 0 Å². The maximum absolute atomic E-state index is 11.9. The fraction of sp³-hybridized carbons (Fsp3) is 0.727. The molecule has 2 heteroatoms. The number of Topliss-reactive ketones (excluding diaryl/α,β-unsaturated/α-hetero) is 1. The van der Waals surface area contributed by atoms with Crippen molar-refractivity contribution in [1.82, 2.24) is 0 Å². The second kappa shape index (κ2) is 2.17. The first-order valence-electron chi connectivity index (χ1n) is 4.84. The van der Waals surface area contributed by atoms with Crippen LogP contribution in [0.25, 0.3) is 0 Å². The van der Waals surface area contributed by atoms with E-state index in [9.17, 15) is 4.79 Å². The van der Waals surface area contributed by atoms with Gasteiger partial charge in [0.05, 0.1) is 6.26 Å². The second-order valence-corrected chi connectivity index (χ2v) is 5.06. The molecular formula is C11H16O2. The maximum Gasteiger partial charge on any atom is 0.168 e. The minimum atomic E-state index is -0.230. The fourth-order valence-electron chi connectivity index (χ4n) is 3.08. The third-order valence-corrected chi connectivity index (χ3v) is 4.50. The summed E-state index contributed by atoms with van der Waals surface area (Å²) in [5.41, 5.74) is 0.448. The number of aliphatic hydroxyl groups excluding tert-OH is 1. The average molecular weight is 180 g/mol. The van der Waals surface area contributed by atoms with Gasteiger partial charge in [-0.2, -0.15) is 0 Å². The van der Waals surface area contributed by atoms with Crippen LogP contribution in [0.5, 0.6) is 0 Å². The summed E-state index contributed by atoms with van der Waals surface area (Å²) in [4.78, 5) is 11.9. The summed E-state index contributed by atoms with van der Waals surface area (Å²) in [6.45, 7) is 6.31. The third kappa shape index (κ3) is 0.725. The highest BCUT2D eigenvalue weighted by Gasteiger charge is 2.64. The Balaban J connectivity index is 2.57. The zero-order valence-electron chi connectivity index (χ0n) is 8.42. The van der Waals surface area contributed by atoms with Crippen molar-refractivity contribution in [3.8, 4) is 0 Å². The lowest BCUT2D eigenvalue weighted by Gasteiger charge is -2.31. The van der Waals surface area contributed by atoms with Gasteiger partial charge in [0.2, 0.25) is 0 Å². The first kappa shape index (κ1) is 8.79. The molecule has 0 radical (unpaired) electrons. The molecule has 13 heavy (non-hydrogen) atoms. The van der Waals surface area contributed by atoms with Crippen LogP contribution in [0.1, 0.15) is 33.6 Å². The van der Waals surface area contributed by atoms with E-state index < -0.39 is 0 Å². The zero-order chi connectivity index (χ0) is 9.85. The van der Waals surface area contributed by atoms with E-state index in [0.717, 1.165) is 19.1 Å². The number of ketones is 1. The van der Waals surface area contributed by atoms with E-state index in [2.05, 4.69) is 13.8 Å². The molecule has 2 fully saturated rings. The highest BCUT2D eigenvalue weighted by Crippen LogP contribution is 2.65. The SMILES string of the molecule is CC1(C)[C@@H]2CC[C@]1(C)C(=O)/C2=C/O. The number of aliphatic hydroxyl groups is 1. The molecule has 0 heterocycles. The molecule has 2 nitrogen and oxygen atoms in total. The van der Waals surface area contributed by atoms with Gasteiger partial charge in [-0.05, 0) is 24.2 Å². The second-order valence-electron chi connectivity index (χ2n) is 5.06. The lowest BCUT2D eigenvalue weighted by Crippen LogP contribution is -2.32. The first-order valence-corrected chi connectivity index (χ1v) is 4.84. The molecule has 0 aromatic carbocycles. The quantitative estimate of drug-likeness (QED) is 0.459. The number of carbonyl (C=O) groups is 1. The Bertz CT molecular complexity index is 301. The van der Waals surface area contributed by atoms with Gasteiger partial charge in [0, 0.05) is 11.0 Å². The van der Waals surface area contributed by atoms with Crippen molar-refractivity contribution in [2.45, 2.75) is 33.6 Å². The topological polar surface area (TPSA) is 37.3 Å². The van der Waals surface area contributed by atoms with Crippen molar-refractivity contribution in [3.63, 3.8) is 0 Å². The Kier molecular flexibility index (Phi) is 1.47. The predicted octanol–water partition coefficient (Wildman–Crippen LogP) is 2.45. The maximum atomic E-state index is 11.9. The van der Waals surface area contributed by atoms with Gasteiger partial charge in [0.1, 0.15) is 0 Å². The van der Waals surface area contributed by atoms with Crippen molar-refractivity contribution in [1.29, 1.82) is 0 Å². The molecule has 72 valence electrons. The largest absolute Gasteiger partial charge is 0.515 e. The Morgan fingerprint density at radius 2 is 2.08 bits per heavy atom. The molecule has 0 aromatic heterocycles. The third-order valence-electron chi connectivity index (χ3n) is 4.50. The molecule has 0 saturated heterocycles. The summed E-state index contributed by atoms with van der Waals surface area (Å²) in [5.74, 6) is 0.436. The van der Waals surface area contributed by atoms with Crippen LogP contribution in [0.3, 0.4) is 0 Å². The highest BCUT2D eigenvalue weighted by molar-refractivity contribution is 6.04. The molecule has 2 bridgehead atoms. The van der Waals surface area contributed by atoms with Crippen molar-refractivity contribution in [2.24, 2.45) is 16.7 Å². The van der Waals surface area contributed by atoms with E-state index in [-0.39, 0.29) is 22.5 Å². The number of fused-ring (bicyclic) bond motifs is 2. The summed E-state index contributed by atoms with van der Waals surface area (Å²) in [5, 5.41) is 9.02. The molecule has 0 unspecified atom stereocenters. The van der Waals surface area contributed by atoms with E-state index in [1.165, 1.54) is 0 Å². The molecule has 0 spiro atoms. The molecule has 2 rings (SSSR count). The molecular weight excluding hydrogens is 164 g/mol. The minimum Gasteiger partial charge on any atom is -0.515 e. The van der Waals surface area contributed by atoms with Gasteiger partial charge in [0.25, 0.3) is 0 Å². The molecule has 0 aliphatic heterocycles. The normalized spacial score (nSPS) is 44.7. The lowest BCUT2D eigenvalue weighted by atomic mass is 9.70. The smallest absolute Gasteiger partial charge is 0.168 e. The van der Waals surface area contributed by atoms with E-state index in [1.807, 2.05) is 6.92 Å². The number of allylic oxidation sites excluding steroid dienone is 1. The van der Waals surface area contributed by atoms with Crippen LogP contribution in [-0.4, -0.2) is 10.9 Å². The summed E-state index contributed by atoms with van der Waals surface area (Å²) < 4.78 is 0. The van der Waals surface area contributed by atoms with Gasteiger partial charge in [-0.25, -0.2) is 0 Å². The van der Waals surface area contributed by atoms with Crippen LogP contribution >= 0.6 is 0 Å². The lowest BCUT2D eigenvalue weighted by molar-refractivity contribution is -0.125. The van der Waals surface area contributed by atoms with E-state index in [0.29, 0.717) is 5.57 Å². The van der Waals surface area contributed by atoms with Gasteiger partial charge in [-0.1, -0.05) is 20.8 Å². The standard InChI is InChI=1S/C11H16O2/c1-10(2)8-4-5-11(10,3)9(13)7(8)6-12/h6,8,12H,4-5H2,1-3H3/b7-6+/t8-,11-/m1/s1. The van der Waals surface area contributed by atoms with Crippen LogP contribution in [0.2, 0.25) is 0 Å². The van der Waals surface area contributed by atoms with E-state index >= 15 is 0 Å². The van der Waals surface area contributed by atoms with Gasteiger partial charge in [-0.3, -0.25) is 4.79 Å². The summed E-state index contributed by atoms with van der Waals surface area (Å²) in [7, 11) is 0.